The first-order valence-corrected chi connectivity index (χ1v) is 5.04. The summed E-state index contributed by atoms with van der Waals surface area (Å²) in [4.78, 5) is 10.7. The Morgan fingerprint density at radius 1 is 1.29 bits per heavy atom. The van der Waals surface area contributed by atoms with Crippen molar-refractivity contribution in [1.82, 2.24) is 9.97 Å². The number of hydrogen-bond acceptors (Lipinski definition) is 3. The Kier molecular flexibility index (Phi) is 2.77. The molecule has 1 aliphatic heterocycles. The summed E-state index contributed by atoms with van der Waals surface area (Å²) < 4.78 is 0. The van der Waals surface area contributed by atoms with Crippen LogP contribution < -0.4 is 4.90 Å². The van der Waals surface area contributed by atoms with E-state index in [9.17, 15) is 0 Å². The zero-order valence-corrected chi connectivity index (χ0v) is 8.26. The lowest BCUT2D eigenvalue weighted by Gasteiger charge is -2.30. The van der Waals surface area contributed by atoms with Crippen LogP contribution in [0.4, 0.5) is 5.95 Å². The fourth-order valence-electron chi connectivity index (χ4n) is 1.79. The van der Waals surface area contributed by atoms with Crippen LogP contribution in [0, 0.1) is 5.92 Å². The minimum absolute atomic E-state index is 0.676. The van der Waals surface area contributed by atoms with Crippen molar-refractivity contribution in [1.29, 1.82) is 0 Å². The summed E-state index contributed by atoms with van der Waals surface area (Å²) >= 11 is 0. The van der Waals surface area contributed by atoms with E-state index in [1.165, 1.54) is 12.8 Å². The minimum atomic E-state index is 0.676. The minimum Gasteiger partial charge on any atom is -0.341 e. The van der Waals surface area contributed by atoms with Gasteiger partial charge in [-0.1, -0.05) is 6.08 Å². The zero-order valence-electron chi connectivity index (χ0n) is 8.26. The Balaban J connectivity index is 1.99. The van der Waals surface area contributed by atoms with Crippen molar-refractivity contribution in [2.75, 3.05) is 18.0 Å². The van der Waals surface area contributed by atoms with Gasteiger partial charge in [-0.05, 0) is 24.8 Å². The topological polar surface area (TPSA) is 29.0 Å². The van der Waals surface area contributed by atoms with Crippen LogP contribution >= 0.6 is 0 Å². The molecule has 0 bridgehead atoms. The van der Waals surface area contributed by atoms with Gasteiger partial charge in [-0.25, -0.2) is 9.97 Å². The van der Waals surface area contributed by atoms with E-state index in [0.29, 0.717) is 5.92 Å². The average Bonchev–Trinajstić information content (AvgIpc) is 2.30. The molecule has 0 spiro atoms. The van der Waals surface area contributed by atoms with Gasteiger partial charge >= 0.3 is 0 Å². The molecule has 0 aromatic carbocycles. The second-order valence-corrected chi connectivity index (χ2v) is 3.61. The normalized spacial score (nSPS) is 18.1. The quantitative estimate of drug-likeness (QED) is 0.665. The van der Waals surface area contributed by atoms with Crippen LogP contribution in [0.15, 0.2) is 31.1 Å². The maximum absolute atomic E-state index is 4.24. The fraction of sp³-hybridized carbons (Fsp3) is 0.455. The summed E-state index contributed by atoms with van der Waals surface area (Å²) in [6.07, 6.45) is 7.98. The van der Waals surface area contributed by atoms with Crippen molar-refractivity contribution in [3.8, 4) is 0 Å². The first kappa shape index (κ1) is 9.19. The molecule has 1 aromatic rings. The molecule has 0 saturated carbocycles. The summed E-state index contributed by atoms with van der Waals surface area (Å²) in [5.74, 6) is 1.53. The Hall–Kier alpha value is -1.38. The lowest BCUT2D eigenvalue weighted by Crippen LogP contribution is -2.34. The van der Waals surface area contributed by atoms with Crippen LogP contribution in [-0.2, 0) is 0 Å². The van der Waals surface area contributed by atoms with Gasteiger partial charge in [-0.2, -0.15) is 0 Å². The third-order valence-electron chi connectivity index (χ3n) is 2.71. The Labute approximate surface area is 84.5 Å². The highest BCUT2D eigenvalue weighted by atomic mass is 15.2. The number of aromatic nitrogens is 2. The highest BCUT2D eigenvalue weighted by Crippen LogP contribution is 2.20. The maximum Gasteiger partial charge on any atom is 0.225 e. The molecule has 1 fully saturated rings. The van der Waals surface area contributed by atoms with E-state index >= 15 is 0 Å². The summed E-state index contributed by atoms with van der Waals surface area (Å²) in [5.41, 5.74) is 0. The lowest BCUT2D eigenvalue weighted by molar-refractivity contribution is 0.474. The number of rotatable bonds is 2. The molecule has 0 unspecified atom stereocenters. The van der Waals surface area contributed by atoms with E-state index in [4.69, 9.17) is 0 Å². The van der Waals surface area contributed by atoms with E-state index in [-0.39, 0.29) is 0 Å². The molecule has 2 rings (SSSR count). The van der Waals surface area contributed by atoms with Gasteiger partial charge in [0.15, 0.2) is 0 Å². The van der Waals surface area contributed by atoms with Crippen molar-refractivity contribution in [2.45, 2.75) is 12.8 Å². The molecule has 0 aliphatic carbocycles. The van der Waals surface area contributed by atoms with Crippen LogP contribution in [-0.4, -0.2) is 23.1 Å². The van der Waals surface area contributed by atoms with Gasteiger partial charge in [0, 0.05) is 25.5 Å². The van der Waals surface area contributed by atoms with Gasteiger partial charge in [-0.15, -0.1) is 6.58 Å². The number of piperidine rings is 1. The van der Waals surface area contributed by atoms with Crippen LogP contribution in [0.25, 0.3) is 0 Å². The zero-order chi connectivity index (χ0) is 9.80. The molecule has 0 atom stereocenters. The van der Waals surface area contributed by atoms with Gasteiger partial charge < -0.3 is 4.90 Å². The molecule has 1 aromatic heterocycles. The van der Waals surface area contributed by atoms with Gasteiger partial charge in [0.05, 0.1) is 0 Å². The monoisotopic (exact) mass is 189 g/mol. The van der Waals surface area contributed by atoms with Crippen LogP contribution in [0.2, 0.25) is 0 Å². The molecule has 1 aliphatic rings. The molecule has 2 heterocycles. The van der Waals surface area contributed by atoms with Gasteiger partial charge in [-0.3, -0.25) is 0 Å². The Bertz CT molecular complexity index is 289. The van der Waals surface area contributed by atoms with Crippen molar-refractivity contribution in [2.24, 2.45) is 5.92 Å². The molecular weight excluding hydrogens is 174 g/mol. The van der Waals surface area contributed by atoms with Crippen molar-refractivity contribution < 1.29 is 0 Å². The number of allylic oxidation sites excluding steroid dienone is 1. The first-order chi connectivity index (χ1) is 6.90. The van der Waals surface area contributed by atoms with E-state index in [2.05, 4.69) is 27.5 Å². The summed E-state index contributed by atoms with van der Waals surface area (Å²) in [6, 6.07) is 1.85. The van der Waals surface area contributed by atoms with Crippen molar-refractivity contribution >= 4 is 5.95 Å². The predicted octanol–water partition coefficient (Wildman–Crippen LogP) is 1.88. The largest absolute Gasteiger partial charge is 0.341 e. The number of nitrogens with zero attached hydrogens (tertiary/aromatic N) is 3. The average molecular weight is 189 g/mol. The lowest BCUT2D eigenvalue weighted by atomic mass is 9.97. The first-order valence-electron chi connectivity index (χ1n) is 5.04. The summed E-state index contributed by atoms with van der Waals surface area (Å²) in [7, 11) is 0. The number of anilines is 1. The molecule has 0 amide bonds. The second-order valence-electron chi connectivity index (χ2n) is 3.61. The third kappa shape index (κ3) is 1.92. The van der Waals surface area contributed by atoms with E-state index in [0.717, 1.165) is 19.0 Å². The third-order valence-corrected chi connectivity index (χ3v) is 2.71. The van der Waals surface area contributed by atoms with Crippen molar-refractivity contribution in [3.05, 3.63) is 31.1 Å². The predicted molar refractivity (Wildman–Crippen MR) is 57.2 cm³/mol. The maximum atomic E-state index is 4.24. The molecule has 74 valence electrons. The van der Waals surface area contributed by atoms with Crippen LogP contribution in [0.5, 0.6) is 0 Å². The Morgan fingerprint density at radius 3 is 2.50 bits per heavy atom. The van der Waals surface area contributed by atoms with E-state index in [1.54, 1.807) is 12.4 Å². The summed E-state index contributed by atoms with van der Waals surface area (Å²) in [6.45, 7) is 5.92. The van der Waals surface area contributed by atoms with Crippen LogP contribution in [0.3, 0.4) is 0 Å². The SMILES string of the molecule is C=CC1CCN(c2ncccn2)CC1. The molecule has 14 heavy (non-hydrogen) atoms. The standard InChI is InChI=1S/C11H15N3/c1-2-10-4-8-14(9-5-10)11-12-6-3-7-13-11/h2-3,6-7,10H,1,4-5,8-9H2. The molecular formula is C11H15N3. The van der Waals surface area contributed by atoms with Gasteiger partial charge in [0.25, 0.3) is 0 Å². The smallest absolute Gasteiger partial charge is 0.225 e. The van der Waals surface area contributed by atoms with Gasteiger partial charge in [0.2, 0.25) is 5.95 Å². The highest BCUT2D eigenvalue weighted by Gasteiger charge is 2.18. The molecule has 0 N–H and O–H groups in total. The van der Waals surface area contributed by atoms with Crippen LogP contribution in [0.1, 0.15) is 12.8 Å². The number of hydrogen-bond donors (Lipinski definition) is 0. The van der Waals surface area contributed by atoms with Crippen molar-refractivity contribution in [3.63, 3.8) is 0 Å². The fourth-order valence-corrected chi connectivity index (χ4v) is 1.79. The van der Waals surface area contributed by atoms with E-state index in [1.807, 2.05) is 6.07 Å². The molecule has 1 saturated heterocycles. The Morgan fingerprint density at radius 2 is 1.93 bits per heavy atom. The molecule has 0 radical (unpaired) electrons. The highest BCUT2D eigenvalue weighted by molar-refractivity contribution is 5.29. The van der Waals surface area contributed by atoms with Gasteiger partial charge in [0.1, 0.15) is 0 Å². The van der Waals surface area contributed by atoms with E-state index < -0.39 is 0 Å². The molecule has 3 nitrogen and oxygen atoms in total. The summed E-state index contributed by atoms with van der Waals surface area (Å²) in [5, 5.41) is 0. The second kappa shape index (κ2) is 4.22. The molecule has 3 heteroatoms.